The summed E-state index contributed by atoms with van der Waals surface area (Å²) in [5.41, 5.74) is 9.33. The Kier molecular flexibility index (Phi) is 5.76. The van der Waals surface area contributed by atoms with E-state index in [0.717, 1.165) is 47.4 Å². The Morgan fingerprint density at radius 1 is 1.14 bits per heavy atom. The molecule has 29 heavy (non-hydrogen) atoms. The van der Waals surface area contributed by atoms with Crippen molar-refractivity contribution in [2.75, 3.05) is 13.1 Å². The summed E-state index contributed by atoms with van der Waals surface area (Å²) in [5, 5.41) is 4.83. The van der Waals surface area contributed by atoms with Gasteiger partial charge >= 0.3 is 5.69 Å². The summed E-state index contributed by atoms with van der Waals surface area (Å²) in [4.78, 5) is 20.0. The van der Waals surface area contributed by atoms with Crippen molar-refractivity contribution in [3.8, 4) is 16.9 Å². The molecule has 0 aliphatic carbocycles. The highest BCUT2D eigenvalue weighted by Gasteiger charge is 2.10. The van der Waals surface area contributed by atoms with Crippen LogP contribution in [0.2, 0.25) is 5.02 Å². The molecule has 0 unspecified atom stereocenters. The number of halogens is 1. The Balaban J connectivity index is 1.62. The second kappa shape index (κ2) is 8.61. The highest BCUT2D eigenvalue weighted by atomic mass is 35.5. The molecule has 0 amide bonds. The van der Waals surface area contributed by atoms with Gasteiger partial charge in [-0.15, -0.1) is 0 Å². The zero-order valence-electron chi connectivity index (χ0n) is 15.9. The smallest absolute Gasteiger partial charge is 0.339 e. The summed E-state index contributed by atoms with van der Waals surface area (Å²) in [5.74, 6) is 0. The number of benzene rings is 2. The first-order chi connectivity index (χ1) is 14.2. The van der Waals surface area contributed by atoms with Crippen LogP contribution in [-0.2, 0) is 6.54 Å². The van der Waals surface area contributed by atoms with Crippen LogP contribution in [0.4, 0.5) is 0 Å². The van der Waals surface area contributed by atoms with Crippen molar-refractivity contribution < 1.29 is 0 Å². The van der Waals surface area contributed by atoms with Crippen LogP contribution in [0, 0.1) is 0 Å². The van der Waals surface area contributed by atoms with Crippen molar-refractivity contribution >= 4 is 22.6 Å². The topological polar surface area (TPSA) is 88.7 Å². The summed E-state index contributed by atoms with van der Waals surface area (Å²) in [7, 11) is 0. The minimum Gasteiger partial charge on any atom is -0.339 e. The molecule has 7 heteroatoms. The average molecular weight is 408 g/mol. The van der Waals surface area contributed by atoms with E-state index in [1.807, 2.05) is 54.6 Å². The maximum absolute atomic E-state index is 12.6. The van der Waals surface area contributed by atoms with E-state index in [4.69, 9.17) is 17.3 Å². The minimum absolute atomic E-state index is 0.334. The highest BCUT2D eigenvalue weighted by Crippen LogP contribution is 2.28. The lowest BCUT2D eigenvalue weighted by Gasteiger charge is -2.07. The van der Waals surface area contributed by atoms with Gasteiger partial charge < -0.3 is 16.0 Å². The van der Waals surface area contributed by atoms with E-state index >= 15 is 0 Å². The molecule has 0 atom stereocenters. The monoisotopic (exact) mass is 407 g/mol. The molecule has 0 aliphatic rings. The number of fused-ring (bicyclic) bond motifs is 1. The molecule has 4 rings (SSSR count). The van der Waals surface area contributed by atoms with Gasteiger partial charge in [0.25, 0.3) is 0 Å². The van der Waals surface area contributed by atoms with Gasteiger partial charge in [-0.05, 0) is 49.3 Å². The molecule has 0 saturated carbocycles. The summed E-state index contributed by atoms with van der Waals surface area (Å²) in [6, 6.07) is 17.4. The van der Waals surface area contributed by atoms with Crippen LogP contribution in [0.5, 0.6) is 0 Å². The number of aromatic amines is 1. The molecule has 148 valence electrons. The van der Waals surface area contributed by atoms with Crippen LogP contribution in [0.25, 0.3) is 28.0 Å². The molecule has 0 spiro atoms. The summed E-state index contributed by atoms with van der Waals surface area (Å²) in [6.45, 7) is 2.34. The lowest BCUT2D eigenvalue weighted by Crippen LogP contribution is -2.20. The van der Waals surface area contributed by atoms with Crippen molar-refractivity contribution in [2.24, 2.45) is 5.73 Å². The fraction of sp³-hybridized carbons (Fsp3) is 0.182. The molecular formula is C22H22ClN5O. The summed E-state index contributed by atoms with van der Waals surface area (Å²) < 4.78 is 1.55. The Labute approximate surface area is 173 Å². The Bertz CT molecular complexity index is 1180. The van der Waals surface area contributed by atoms with E-state index in [1.54, 1.807) is 10.8 Å². The maximum atomic E-state index is 12.6. The van der Waals surface area contributed by atoms with E-state index in [-0.39, 0.29) is 5.69 Å². The van der Waals surface area contributed by atoms with Crippen molar-refractivity contribution in [1.29, 1.82) is 0 Å². The van der Waals surface area contributed by atoms with Crippen LogP contribution in [0.1, 0.15) is 12.0 Å². The molecule has 0 saturated heterocycles. The second-order valence-corrected chi connectivity index (χ2v) is 7.25. The van der Waals surface area contributed by atoms with Crippen LogP contribution in [0.3, 0.4) is 0 Å². The Morgan fingerprint density at radius 2 is 1.93 bits per heavy atom. The molecule has 0 bridgehead atoms. The van der Waals surface area contributed by atoms with Crippen LogP contribution in [-0.4, -0.2) is 27.6 Å². The first-order valence-corrected chi connectivity index (χ1v) is 9.91. The van der Waals surface area contributed by atoms with Crippen molar-refractivity contribution in [2.45, 2.75) is 13.0 Å². The van der Waals surface area contributed by atoms with Crippen molar-refractivity contribution in [3.63, 3.8) is 0 Å². The lowest BCUT2D eigenvalue weighted by atomic mass is 10.1. The van der Waals surface area contributed by atoms with Crippen LogP contribution >= 0.6 is 11.6 Å². The highest BCUT2D eigenvalue weighted by molar-refractivity contribution is 6.33. The number of aromatic nitrogens is 3. The molecule has 2 aromatic heterocycles. The zero-order valence-corrected chi connectivity index (χ0v) is 16.6. The molecule has 2 aromatic carbocycles. The standard InChI is InChI=1S/C22H22ClN5O/c23-19-5-2-1-4-18(19)20-12-16-14-28(22(29)27-21(16)26-20)17-8-6-15(7-9-17)13-25-11-3-10-24/h1-2,4-9,12,14,25H,3,10-11,13,24H2,(H,26,27,29). The van der Waals surface area contributed by atoms with Crippen molar-refractivity contribution in [3.05, 3.63) is 81.9 Å². The Hall–Kier alpha value is -2.93. The van der Waals surface area contributed by atoms with Gasteiger partial charge in [-0.2, -0.15) is 4.98 Å². The van der Waals surface area contributed by atoms with E-state index in [1.165, 1.54) is 0 Å². The van der Waals surface area contributed by atoms with Gasteiger partial charge in [0.2, 0.25) is 0 Å². The number of hydrogen-bond donors (Lipinski definition) is 3. The maximum Gasteiger partial charge on any atom is 0.354 e. The first-order valence-electron chi connectivity index (χ1n) is 9.53. The Morgan fingerprint density at radius 3 is 2.69 bits per heavy atom. The second-order valence-electron chi connectivity index (χ2n) is 6.85. The lowest BCUT2D eigenvalue weighted by molar-refractivity contribution is 0.655. The third-order valence-corrected chi connectivity index (χ3v) is 5.10. The number of H-pyrrole nitrogens is 1. The quantitative estimate of drug-likeness (QED) is 0.409. The molecule has 0 radical (unpaired) electrons. The van der Waals surface area contributed by atoms with Gasteiger partial charge in [0.1, 0.15) is 5.65 Å². The van der Waals surface area contributed by atoms with Gasteiger partial charge in [0.05, 0.1) is 5.69 Å². The first kappa shape index (κ1) is 19.4. The number of hydrogen-bond acceptors (Lipinski definition) is 4. The summed E-state index contributed by atoms with van der Waals surface area (Å²) in [6.07, 6.45) is 2.75. The van der Waals surface area contributed by atoms with E-state index in [0.29, 0.717) is 17.2 Å². The average Bonchev–Trinajstić information content (AvgIpc) is 3.14. The SMILES string of the molecule is NCCCNCc1ccc(-n2cc3cc(-c4ccccc4Cl)[nH]c3nc2=O)cc1. The molecule has 0 fully saturated rings. The number of nitrogens with two attached hydrogens (primary N) is 1. The summed E-state index contributed by atoms with van der Waals surface area (Å²) >= 11 is 6.29. The van der Waals surface area contributed by atoms with E-state index < -0.39 is 0 Å². The predicted octanol–water partition coefficient (Wildman–Crippen LogP) is 3.47. The third-order valence-electron chi connectivity index (χ3n) is 4.77. The zero-order chi connectivity index (χ0) is 20.2. The van der Waals surface area contributed by atoms with Crippen LogP contribution in [0.15, 0.2) is 65.6 Å². The third kappa shape index (κ3) is 4.24. The predicted molar refractivity (Wildman–Crippen MR) is 118 cm³/mol. The molecular weight excluding hydrogens is 386 g/mol. The molecule has 2 heterocycles. The van der Waals surface area contributed by atoms with Gasteiger partial charge in [0.15, 0.2) is 0 Å². The minimum atomic E-state index is -0.334. The van der Waals surface area contributed by atoms with Crippen molar-refractivity contribution in [1.82, 2.24) is 19.9 Å². The van der Waals surface area contributed by atoms with Gasteiger partial charge in [-0.25, -0.2) is 4.79 Å². The fourth-order valence-corrected chi connectivity index (χ4v) is 3.48. The number of rotatable bonds is 7. The number of nitrogens with one attached hydrogen (secondary N) is 2. The van der Waals surface area contributed by atoms with E-state index in [2.05, 4.69) is 15.3 Å². The molecule has 4 N–H and O–H groups in total. The van der Waals surface area contributed by atoms with E-state index in [9.17, 15) is 4.79 Å². The fourth-order valence-electron chi connectivity index (χ4n) is 3.24. The van der Waals surface area contributed by atoms with Crippen LogP contribution < -0.4 is 16.7 Å². The van der Waals surface area contributed by atoms with Gasteiger partial charge in [-0.3, -0.25) is 4.57 Å². The molecule has 4 aromatic rings. The molecule has 0 aliphatic heterocycles. The van der Waals surface area contributed by atoms with Gasteiger partial charge in [0, 0.05) is 34.4 Å². The van der Waals surface area contributed by atoms with Gasteiger partial charge in [-0.1, -0.05) is 41.9 Å². The normalized spacial score (nSPS) is 11.2. The number of nitrogens with zero attached hydrogens (tertiary/aromatic N) is 2. The largest absolute Gasteiger partial charge is 0.354 e. The molecule has 6 nitrogen and oxygen atoms in total.